The molecule has 0 spiro atoms. The molecule has 0 bridgehead atoms. The van der Waals surface area contributed by atoms with Crippen molar-refractivity contribution in [1.29, 1.82) is 0 Å². The molecule has 148 valence electrons. The van der Waals surface area contributed by atoms with E-state index in [1.807, 2.05) is 6.92 Å². The minimum absolute atomic E-state index is 0. The topological polar surface area (TPSA) is 71.7 Å². The smallest absolute Gasteiger partial charge is 0.226 e. The van der Waals surface area contributed by atoms with Crippen LogP contribution in [0, 0.1) is 5.82 Å². The highest BCUT2D eigenvalue weighted by Crippen LogP contribution is 2.19. The van der Waals surface area contributed by atoms with E-state index in [2.05, 4.69) is 20.6 Å². The quantitative estimate of drug-likeness (QED) is 0.356. The fourth-order valence-corrected chi connectivity index (χ4v) is 2.78. The van der Waals surface area contributed by atoms with Gasteiger partial charge in [-0.05, 0) is 44.0 Å². The number of ether oxygens (including phenoxy) is 1. The first-order valence-electron chi connectivity index (χ1n) is 9.08. The second-order valence-electron chi connectivity index (χ2n) is 6.18. The highest BCUT2D eigenvalue weighted by molar-refractivity contribution is 14.0. The average Bonchev–Trinajstić information content (AvgIpc) is 3.32. The number of nitrogens with zero attached hydrogens (tertiary/aromatic N) is 2. The number of oxazole rings is 1. The summed E-state index contributed by atoms with van der Waals surface area (Å²) in [6.07, 6.45) is 4.77. The molecule has 0 aliphatic carbocycles. The maximum absolute atomic E-state index is 13.0. The van der Waals surface area contributed by atoms with Crippen molar-refractivity contribution in [2.75, 3.05) is 26.2 Å². The molecule has 2 N–H and O–H groups in total. The van der Waals surface area contributed by atoms with Gasteiger partial charge < -0.3 is 19.8 Å². The Labute approximate surface area is 176 Å². The molecule has 8 heteroatoms. The largest absolute Gasteiger partial charge is 0.444 e. The Morgan fingerprint density at radius 2 is 2.11 bits per heavy atom. The van der Waals surface area contributed by atoms with Gasteiger partial charge in [-0.2, -0.15) is 0 Å². The molecule has 1 aliphatic rings. The van der Waals surface area contributed by atoms with Crippen LogP contribution in [0.5, 0.6) is 0 Å². The summed E-state index contributed by atoms with van der Waals surface area (Å²) in [7, 11) is 0. The predicted octanol–water partition coefficient (Wildman–Crippen LogP) is 3.38. The summed E-state index contributed by atoms with van der Waals surface area (Å²) < 4.78 is 24.1. The van der Waals surface area contributed by atoms with Crippen molar-refractivity contribution in [2.24, 2.45) is 4.99 Å². The maximum Gasteiger partial charge on any atom is 0.226 e. The van der Waals surface area contributed by atoms with Crippen LogP contribution in [-0.2, 0) is 11.2 Å². The number of aromatic nitrogens is 1. The van der Waals surface area contributed by atoms with Crippen LogP contribution in [0.15, 0.2) is 39.9 Å². The number of rotatable bonds is 7. The van der Waals surface area contributed by atoms with E-state index in [1.165, 1.54) is 12.1 Å². The number of hydrogen-bond acceptors (Lipinski definition) is 4. The van der Waals surface area contributed by atoms with Gasteiger partial charge in [-0.1, -0.05) is 0 Å². The Kier molecular flexibility index (Phi) is 8.99. The van der Waals surface area contributed by atoms with Gasteiger partial charge in [0.1, 0.15) is 12.1 Å². The van der Waals surface area contributed by atoms with E-state index < -0.39 is 0 Å². The van der Waals surface area contributed by atoms with Crippen molar-refractivity contribution in [2.45, 2.75) is 32.3 Å². The molecule has 1 aliphatic heterocycles. The lowest BCUT2D eigenvalue weighted by Crippen LogP contribution is -2.39. The molecule has 0 radical (unpaired) electrons. The summed E-state index contributed by atoms with van der Waals surface area (Å²) in [4.78, 5) is 9.03. The normalized spacial score (nSPS) is 16.8. The minimum atomic E-state index is -0.275. The molecular formula is C19H26FIN4O2. The lowest BCUT2D eigenvalue weighted by Gasteiger charge is -2.12. The average molecular weight is 488 g/mol. The van der Waals surface area contributed by atoms with Gasteiger partial charge in [0.05, 0.1) is 18.3 Å². The molecule has 1 fully saturated rings. The monoisotopic (exact) mass is 488 g/mol. The second kappa shape index (κ2) is 11.2. The third-order valence-corrected chi connectivity index (χ3v) is 4.14. The van der Waals surface area contributed by atoms with E-state index in [-0.39, 0.29) is 35.9 Å². The van der Waals surface area contributed by atoms with Gasteiger partial charge >= 0.3 is 0 Å². The number of aliphatic imine (C=N–C) groups is 1. The Balaban J connectivity index is 0.00000261. The van der Waals surface area contributed by atoms with E-state index in [1.54, 1.807) is 18.4 Å². The third-order valence-electron chi connectivity index (χ3n) is 4.14. The number of guanidine groups is 1. The van der Waals surface area contributed by atoms with Crippen LogP contribution in [-0.4, -0.2) is 43.3 Å². The molecule has 6 nitrogen and oxygen atoms in total. The summed E-state index contributed by atoms with van der Waals surface area (Å²) in [5, 5.41) is 6.53. The Morgan fingerprint density at radius 1 is 1.30 bits per heavy atom. The Bertz CT molecular complexity index is 715. The molecule has 27 heavy (non-hydrogen) atoms. The van der Waals surface area contributed by atoms with Crippen molar-refractivity contribution < 1.29 is 13.5 Å². The fraction of sp³-hybridized carbons (Fsp3) is 0.474. The van der Waals surface area contributed by atoms with Gasteiger partial charge in [0, 0.05) is 31.7 Å². The molecule has 2 aromatic rings. The van der Waals surface area contributed by atoms with Crippen LogP contribution in [0.3, 0.4) is 0 Å². The van der Waals surface area contributed by atoms with Gasteiger partial charge in [0.15, 0.2) is 5.96 Å². The minimum Gasteiger partial charge on any atom is -0.444 e. The van der Waals surface area contributed by atoms with E-state index in [9.17, 15) is 4.39 Å². The zero-order valence-corrected chi connectivity index (χ0v) is 17.7. The summed E-state index contributed by atoms with van der Waals surface area (Å²) in [5.74, 6) is 1.01. The highest BCUT2D eigenvalue weighted by atomic mass is 127. The van der Waals surface area contributed by atoms with Crippen molar-refractivity contribution in [3.05, 3.63) is 42.0 Å². The van der Waals surface area contributed by atoms with E-state index in [0.29, 0.717) is 25.4 Å². The Morgan fingerprint density at radius 3 is 2.81 bits per heavy atom. The summed E-state index contributed by atoms with van der Waals surface area (Å²) in [6, 6.07) is 6.11. The van der Waals surface area contributed by atoms with Gasteiger partial charge in [0.25, 0.3) is 0 Å². The molecular weight excluding hydrogens is 462 g/mol. The van der Waals surface area contributed by atoms with Gasteiger partial charge in [0.2, 0.25) is 5.89 Å². The molecule has 1 aromatic carbocycles. The lowest BCUT2D eigenvalue weighted by atomic mass is 10.2. The van der Waals surface area contributed by atoms with Crippen molar-refractivity contribution >= 4 is 29.9 Å². The fourth-order valence-electron chi connectivity index (χ4n) is 2.78. The number of hydrogen-bond donors (Lipinski definition) is 2. The zero-order valence-electron chi connectivity index (χ0n) is 15.4. The van der Waals surface area contributed by atoms with Crippen LogP contribution in [0.1, 0.15) is 25.5 Å². The summed E-state index contributed by atoms with van der Waals surface area (Å²) >= 11 is 0. The first-order valence-corrected chi connectivity index (χ1v) is 9.08. The van der Waals surface area contributed by atoms with E-state index >= 15 is 0 Å². The molecule has 0 amide bonds. The van der Waals surface area contributed by atoms with Gasteiger partial charge in [-0.15, -0.1) is 24.0 Å². The first kappa shape index (κ1) is 21.6. The van der Waals surface area contributed by atoms with Crippen molar-refractivity contribution in [1.82, 2.24) is 15.6 Å². The van der Waals surface area contributed by atoms with Crippen LogP contribution < -0.4 is 10.6 Å². The molecule has 0 saturated carbocycles. The van der Waals surface area contributed by atoms with E-state index in [4.69, 9.17) is 9.15 Å². The van der Waals surface area contributed by atoms with Crippen LogP contribution in [0.2, 0.25) is 0 Å². The van der Waals surface area contributed by atoms with Crippen LogP contribution in [0.25, 0.3) is 11.5 Å². The summed E-state index contributed by atoms with van der Waals surface area (Å²) in [5.41, 5.74) is 1.60. The zero-order chi connectivity index (χ0) is 18.2. The standard InChI is InChI=1S/C19H25FN4O2.HI/c1-2-21-19(23-12-17-4-3-11-25-17)22-10-9-16-13-26-18(24-16)14-5-7-15(20)8-6-14;/h5-8,13,17H,2-4,9-12H2,1H3,(H2,21,22,23);1H. The molecule has 1 aromatic heterocycles. The van der Waals surface area contributed by atoms with Crippen LogP contribution in [0.4, 0.5) is 4.39 Å². The second-order valence-corrected chi connectivity index (χ2v) is 6.18. The number of halogens is 2. The van der Waals surface area contributed by atoms with Crippen molar-refractivity contribution in [3.8, 4) is 11.5 Å². The molecule has 1 unspecified atom stereocenters. The lowest BCUT2D eigenvalue weighted by molar-refractivity contribution is 0.117. The third kappa shape index (κ3) is 6.76. The molecule has 3 rings (SSSR count). The summed E-state index contributed by atoms with van der Waals surface area (Å²) in [6.45, 7) is 5.04. The van der Waals surface area contributed by atoms with E-state index in [0.717, 1.165) is 43.2 Å². The number of benzene rings is 1. The SMILES string of the molecule is CCNC(=NCC1CCCO1)NCCc1coc(-c2ccc(F)cc2)n1.I. The molecule has 1 atom stereocenters. The highest BCUT2D eigenvalue weighted by Gasteiger charge is 2.15. The van der Waals surface area contributed by atoms with Crippen LogP contribution >= 0.6 is 24.0 Å². The van der Waals surface area contributed by atoms with Gasteiger partial charge in [-0.3, -0.25) is 4.99 Å². The number of nitrogens with one attached hydrogen (secondary N) is 2. The Hall–Kier alpha value is -1.68. The maximum atomic E-state index is 13.0. The predicted molar refractivity (Wildman–Crippen MR) is 114 cm³/mol. The molecule has 2 heterocycles. The molecule has 1 saturated heterocycles. The first-order chi connectivity index (χ1) is 12.7. The van der Waals surface area contributed by atoms with Gasteiger partial charge in [-0.25, -0.2) is 9.37 Å². The van der Waals surface area contributed by atoms with Crippen molar-refractivity contribution in [3.63, 3.8) is 0 Å².